The van der Waals surface area contributed by atoms with Crippen LogP contribution in [0.5, 0.6) is 0 Å². The van der Waals surface area contributed by atoms with Gasteiger partial charge in [0, 0.05) is 30.3 Å². The third kappa shape index (κ3) is 3.31. The Morgan fingerprint density at radius 3 is 2.57 bits per heavy atom. The number of aryl methyl sites for hydroxylation is 1. The summed E-state index contributed by atoms with van der Waals surface area (Å²) in [6.45, 7) is 3.01. The molecule has 0 saturated heterocycles. The minimum atomic E-state index is 0.831. The normalized spacial score (nSPS) is 10.5. The lowest BCUT2D eigenvalue weighted by Gasteiger charge is -2.09. The summed E-state index contributed by atoms with van der Waals surface area (Å²) >= 11 is 0. The Morgan fingerprint density at radius 2 is 1.86 bits per heavy atom. The van der Waals surface area contributed by atoms with Crippen LogP contribution in [0, 0.1) is 0 Å². The van der Waals surface area contributed by atoms with Crippen LogP contribution in [-0.4, -0.2) is 9.55 Å². The molecule has 106 valence electrons. The van der Waals surface area contributed by atoms with Gasteiger partial charge in [0.2, 0.25) is 0 Å². The van der Waals surface area contributed by atoms with E-state index >= 15 is 0 Å². The molecule has 21 heavy (non-hydrogen) atoms. The molecule has 2 aromatic carbocycles. The fourth-order valence-electron chi connectivity index (χ4n) is 2.29. The highest BCUT2D eigenvalue weighted by Crippen LogP contribution is 2.15. The van der Waals surface area contributed by atoms with E-state index in [4.69, 9.17) is 0 Å². The second-order valence-corrected chi connectivity index (χ2v) is 5.04. The number of nitrogens with one attached hydrogen (secondary N) is 1. The summed E-state index contributed by atoms with van der Waals surface area (Å²) in [5.41, 5.74) is 4.89. The largest absolute Gasteiger partial charge is 0.381 e. The molecule has 0 aliphatic rings. The van der Waals surface area contributed by atoms with E-state index in [1.165, 1.54) is 11.1 Å². The zero-order chi connectivity index (χ0) is 14.5. The quantitative estimate of drug-likeness (QED) is 0.762. The number of anilines is 1. The second-order valence-electron chi connectivity index (χ2n) is 5.04. The van der Waals surface area contributed by atoms with Gasteiger partial charge >= 0.3 is 0 Å². The number of benzene rings is 2. The van der Waals surface area contributed by atoms with Gasteiger partial charge in [0.25, 0.3) is 0 Å². The molecular formula is C18H19N3. The van der Waals surface area contributed by atoms with Gasteiger partial charge < -0.3 is 9.88 Å². The van der Waals surface area contributed by atoms with Gasteiger partial charge in [-0.1, -0.05) is 37.3 Å². The molecule has 1 N–H and O–H groups in total. The van der Waals surface area contributed by atoms with Crippen LogP contribution >= 0.6 is 0 Å². The van der Waals surface area contributed by atoms with Crippen molar-refractivity contribution in [1.82, 2.24) is 9.55 Å². The molecule has 0 aliphatic heterocycles. The van der Waals surface area contributed by atoms with Gasteiger partial charge in [-0.3, -0.25) is 0 Å². The van der Waals surface area contributed by atoms with Gasteiger partial charge in [-0.05, 0) is 35.7 Å². The van der Waals surface area contributed by atoms with Crippen LogP contribution in [0.1, 0.15) is 18.1 Å². The van der Waals surface area contributed by atoms with E-state index in [1.807, 2.05) is 17.1 Å². The van der Waals surface area contributed by atoms with Crippen molar-refractivity contribution < 1.29 is 0 Å². The zero-order valence-electron chi connectivity index (χ0n) is 12.2. The Morgan fingerprint density at radius 1 is 1.05 bits per heavy atom. The molecule has 0 radical (unpaired) electrons. The van der Waals surface area contributed by atoms with E-state index in [1.54, 1.807) is 6.20 Å². The molecule has 0 bridgehead atoms. The average molecular weight is 277 g/mol. The van der Waals surface area contributed by atoms with Crippen LogP contribution in [-0.2, 0) is 13.0 Å². The number of imidazole rings is 1. The highest BCUT2D eigenvalue weighted by Gasteiger charge is 1.98. The fraction of sp³-hybridized carbons (Fsp3) is 0.167. The fourth-order valence-corrected chi connectivity index (χ4v) is 2.29. The Balaban J connectivity index is 1.68. The Kier molecular flexibility index (Phi) is 4.01. The minimum Gasteiger partial charge on any atom is -0.381 e. The first-order valence-corrected chi connectivity index (χ1v) is 7.25. The van der Waals surface area contributed by atoms with E-state index < -0.39 is 0 Å². The molecule has 0 unspecified atom stereocenters. The number of nitrogens with zero attached hydrogens (tertiary/aromatic N) is 2. The molecule has 0 spiro atoms. The molecule has 0 fully saturated rings. The maximum atomic E-state index is 4.08. The molecule has 0 saturated carbocycles. The zero-order valence-corrected chi connectivity index (χ0v) is 12.2. The van der Waals surface area contributed by atoms with Gasteiger partial charge in [-0.25, -0.2) is 4.98 Å². The van der Waals surface area contributed by atoms with Gasteiger partial charge in [0.1, 0.15) is 0 Å². The molecule has 3 heteroatoms. The number of aromatic nitrogens is 2. The molecular weight excluding hydrogens is 258 g/mol. The smallest absolute Gasteiger partial charge is 0.0991 e. The third-order valence-electron chi connectivity index (χ3n) is 3.58. The SMILES string of the molecule is CCc1ccc(CNc2cccc(-n3ccnc3)c2)cc1. The van der Waals surface area contributed by atoms with E-state index in [-0.39, 0.29) is 0 Å². The van der Waals surface area contributed by atoms with Crippen LogP contribution in [0.2, 0.25) is 0 Å². The molecule has 0 amide bonds. The lowest BCUT2D eigenvalue weighted by Crippen LogP contribution is -2.00. The standard InChI is InChI=1S/C18H19N3/c1-2-15-6-8-16(9-7-15)13-20-17-4-3-5-18(12-17)21-11-10-19-14-21/h3-12,14,20H,2,13H2,1H3. The summed E-state index contributed by atoms with van der Waals surface area (Å²) in [6.07, 6.45) is 6.63. The van der Waals surface area contributed by atoms with E-state index in [0.717, 1.165) is 24.3 Å². The molecule has 0 aliphatic carbocycles. The van der Waals surface area contributed by atoms with Crippen molar-refractivity contribution in [3.63, 3.8) is 0 Å². The monoisotopic (exact) mass is 277 g/mol. The van der Waals surface area contributed by atoms with Crippen LogP contribution < -0.4 is 5.32 Å². The lowest BCUT2D eigenvalue weighted by atomic mass is 10.1. The maximum Gasteiger partial charge on any atom is 0.0991 e. The predicted octanol–water partition coefficient (Wildman–Crippen LogP) is 4.05. The molecule has 0 atom stereocenters. The molecule has 1 aromatic heterocycles. The lowest BCUT2D eigenvalue weighted by molar-refractivity contribution is 1.05. The van der Waals surface area contributed by atoms with Gasteiger partial charge in [-0.2, -0.15) is 0 Å². The van der Waals surface area contributed by atoms with Crippen molar-refractivity contribution in [3.05, 3.63) is 78.4 Å². The van der Waals surface area contributed by atoms with Crippen molar-refractivity contribution in [2.75, 3.05) is 5.32 Å². The first-order valence-electron chi connectivity index (χ1n) is 7.25. The maximum absolute atomic E-state index is 4.08. The van der Waals surface area contributed by atoms with Gasteiger partial charge in [0.05, 0.1) is 6.33 Å². The molecule has 1 heterocycles. The molecule has 3 nitrogen and oxygen atoms in total. The Bertz CT molecular complexity index is 685. The van der Waals surface area contributed by atoms with Crippen LogP contribution in [0.15, 0.2) is 67.3 Å². The average Bonchev–Trinajstić information content (AvgIpc) is 3.08. The highest BCUT2D eigenvalue weighted by molar-refractivity contribution is 5.51. The molecule has 3 rings (SSSR count). The van der Waals surface area contributed by atoms with Crippen molar-refractivity contribution in [1.29, 1.82) is 0 Å². The van der Waals surface area contributed by atoms with Crippen molar-refractivity contribution >= 4 is 5.69 Å². The topological polar surface area (TPSA) is 29.9 Å². The van der Waals surface area contributed by atoms with E-state index in [2.05, 4.69) is 65.8 Å². The predicted molar refractivity (Wildman–Crippen MR) is 86.7 cm³/mol. The van der Waals surface area contributed by atoms with Crippen LogP contribution in [0.4, 0.5) is 5.69 Å². The molecule has 3 aromatic rings. The van der Waals surface area contributed by atoms with Crippen LogP contribution in [0.25, 0.3) is 5.69 Å². The highest BCUT2D eigenvalue weighted by atomic mass is 15.0. The minimum absolute atomic E-state index is 0.831. The van der Waals surface area contributed by atoms with Gasteiger partial charge in [0.15, 0.2) is 0 Å². The second kappa shape index (κ2) is 6.27. The number of rotatable bonds is 5. The number of hydrogen-bond acceptors (Lipinski definition) is 2. The summed E-state index contributed by atoms with van der Waals surface area (Å²) in [5.74, 6) is 0. The summed E-state index contributed by atoms with van der Waals surface area (Å²) in [6, 6.07) is 17.1. The van der Waals surface area contributed by atoms with E-state index in [0.29, 0.717) is 0 Å². The summed E-state index contributed by atoms with van der Waals surface area (Å²) in [5, 5.41) is 3.47. The first-order chi connectivity index (χ1) is 10.3. The van der Waals surface area contributed by atoms with E-state index in [9.17, 15) is 0 Å². The summed E-state index contributed by atoms with van der Waals surface area (Å²) < 4.78 is 2.00. The Hall–Kier alpha value is -2.55. The Labute approximate surface area is 125 Å². The van der Waals surface area contributed by atoms with Crippen LogP contribution in [0.3, 0.4) is 0 Å². The number of hydrogen-bond donors (Lipinski definition) is 1. The van der Waals surface area contributed by atoms with Crippen molar-refractivity contribution in [3.8, 4) is 5.69 Å². The summed E-state index contributed by atoms with van der Waals surface area (Å²) in [7, 11) is 0. The van der Waals surface area contributed by atoms with Gasteiger partial charge in [-0.15, -0.1) is 0 Å². The van der Waals surface area contributed by atoms with Crippen molar-refractivity contribution in [2.24, 2.45) is 0 Å². The van der Waals surface area contributed by atoms with Crippen molar-refractivity contribution in [2.45, 2.75) is 19.9 Å². The first kappa shape index (κ1) is 13.4. The summed E-state index contributed by atoms with van der Waals surface area (Å²) in [4.78, 5) is 4.08. The third-order valence-corrected chi connectivity index (χ3v) is 3.58.